The minimum atomic E-state index is -0.250. The topological polar surface area (TPSA) is 46.3 Å². The van der Waals surface area contributed by atoms with Crippen LogP contribution in [0, 0.1) is 3.57 Å². The van der Waals surface area contributed by atoms with Crippen LogP contribution in [0.4, 0.5) is 0 Å². The van der Waals surface area contributed by atoms with E-state index in [1.165, 1.54) is 3.57 Å². The van der Waals surface area contributed by atoms with E-state index >= 15 is 0 Å². The summed E-state index contributed by atoms with van der Waals surface area (Å²) < 4.78 is 1.17. The highest BCUT2D eigenvalue weighted by atomic mass is 127. The number of amides is 1. The molecule has 0 aliphatic carbocycles. The van der Waals surface area contributed by atoms with Gasteiger partial charge in [0.25, 0.3) is 0 Å². The van der Waals surface area contributed by atoms with Crippen LogP contribution in [0.25, 0.3) is 0 Å². The van der Waals surface area contributed by atoms with E-state index in [1.54, 1.807) is 0 Å². The maximum Gasteiger partial charge on any atom is 0.239 e. The summed E-state index contributed by atoms with van der Waals surface area (Å²) in [5, 5.41) is 0. The van der Waals surface area contributed by atoms with Crippen LogP contribution in [-0.4, -0.2) is 23.9 Å². The van der Waals surface area contributed by atoms with Crippen molar-refractivity contribution in [3.05, 3.63) is 33.4 Å². The smallest absolute Gasteiger partial charge is 0.239 e. The number of halogens is 1. The fourth-order valence-corrected chi connectivity index (χ4v) is 2.56. The summed E-state index contributed by atoms with van der Waals surface area (Å²) in [5.41, 5.74) is 6.51. The molecule has 1 aliphatic rings. The van der Waals surface area contributed by atoms with Crippen LogP contribution < -0.4 is 5.73 Å². The third kappa shape index (κ3) is 2.55. The fourth-order valence-electron chi connectivity index (χ4n) is 2.20. The molecule has 2 N–H and O–H groups in total. The summed E-state index contributed by atoms with van der Waals surface area (Å²) in [4.78, 5) is 13.7. The molecule has 1 atom stereocenters. The van der Waals surface area contributed by atoms with Crippen molar-refractivity contribution in [1.29, 1.82) is 0 Å². The molecular formula is C12H15IN2O. The molecule has 3 nitrogen and oxygen atoms in total. The van der Waals surface area contributed by atoms with Gasteiger partial charge in [-0.25, -0.2) is 0 Å². The Morgan fingerprint density at radius 3 is 2.31 bits per heavy atom. The van der Waals surface area contributed by atoms with Crippen molar-refractivity contribution in [3.8, 4) is 0 Å². The number of primary amides is 1. The summed E-state index contributed by atoms with van der Waals surface area (Å²) >= 11 is 2.26. The Bertz CT molecular complexity index is 371. The van der Waals surface area contributed by atoms with E-state index < -0.39 is 0 Å². The Kier molecular flexibility index (Phi) is 3.81. The molecule has 4 heteroatoms. The molecule has 1 aromatic carbocycles. The Morgan fingerprint density at radius 2 is 1.81 bits per heavy atom. The predicted octanol–water partition coefficient (Wildman–Crippen LogP) is 1.91. The summed E-state index contributed by atoms with van der Waals surface area (Å²) in [7, 11) is 0. The van der Waals surface area contributed by atoms with Crippen LogP contribution in [0.5, 0.6) is 0 Å². The number of benzene rings is 1. The molecule has 1 fully saturated rings. The lowest BCUT2D eigenvalue weighted by Crippen LogP contribution is -2.35. The zero-order chi connectivity index (χ0) is 11.5. The third-order valence-corrected chi connectivity index (χ3v) is 3.68. The van der Waals surface area contributed by atoms with Crippen molar-refractivity contribution >= 4 is 28.5 Å². The summed E-state index contributed by atoms with van der Waals surface area (Å²) in [6.45, 7) is 1.94. The predicted molar refractivity (Wildman–Crippen MR) is 71.9 cm³/mol. The highest BCUT2D eigenvalue weighted by Gasteiger charge is 2.27. The lowest BCUT2D eigenvalue weighted by molar-refractivity contribution is -0.123. The minimum Gasteiger partial charge on any atom is -0.368 e. The molecule has 0 saturated carbocycles. The molecule has 0 radical (unpaired) electrons. The zero-order valence-corrected chi connectivity index (χ0v) is 11.2. The SMILES string of the molecule is NC(=O)C(c1ccc(I)cc1)N1CCCC1. The first-order valence-electron chi connectivity index (χ1n) is 5.47. The minimum absolute atomic E-state index is 0.247. The molecule has 86 valence electrons. The molecule has 1 unspecified atom stereocenters. The van der Waals surface area contributed by atoms with E-state index in [1.807, 2.05) is 24.3 Å². The van der Waals surface area contributed by atoms with Crippen molar-refractivity contribution in [3.63, 3.8) is 0 Å². The highest BCUT2D eigenvalue weighted by molar-refractivity contribution is 14.1. The van der Waals surface area contributed by atoms with Crippen LogP contribution in [0.3, 0.4) is 0 Å². The average molecular weight is 330 g/mol. The van der Waals surface area contributed by atoms with Gasteiger partial charge in [-0.05, 0) is 66.2 Å². The molecule has 16 heavy (non-hydrogen) atoms. The maximum absolute atomic E-state index is 11.6. The van der Waals surface area contributed by atoms with Crippen molar-refractivity contribution in [1.82, 2.24) is 4.90 Å². The Balaban J connectivity index is 2.24. The van der Waals surface area contributed by atoms with Crippen LogP contribution in [0.2, 0.25) is 0 Å². The zero-order valence-electron chi connectivity index (χ0n) is 9.03. The van der Waals surface area contributed by atoms with Crippen LogP contribution >= 0.6 is 22.6 Å². The van der Waals surface area contributed by atoms with E-state index in [-0.39, 0.29) is 11.9 Å². The number of carbonyl (C=O) groups excluding carboxylic acids is 1. The van der Waals surface area contributed by atoms with E-state index in [0.29, 0.717) is 0 Å². The average Bonchev–Trinajstić information content (AvgIpc) is 2.74. The number of nitrogens with two attached hydrogens (primary N) is 1. The number of nitrogens with zero attached hydrogens (tertiary/aromatic N) is 1. The molecule has 1 amide bonds. The van der Waals surface area contributed by atoms with Gasteiger partial charge in [0.1, 0.15) is 6.04 Å². The molecule has 0 bridgehead atoms. The normalized spacial score (nSPS) is 18.6. The first-order chi connectivity index (χ1) is 7.68. The van der Waals surface area contributed by atoms with Gasteiger partial charge < -0.3 is 5.73 Å². The second-order valence-corrected chi connectivity index (χ2v) is 5.35. The highest BCUT2D eigenvalue weighted by Crippen LogP contribution is 2.25. The molecule has 0 spiro atoms. The van der Waals surface area contributed by atoms with Crippen LogP contribution in [0.1, 0.15) is 24.4 Å². The second kappa shape index (κ2) is 5.14. The molecule has 1 aliphatic heterocycles. The lowest BCUT2D eigenvalue weighted by Gasteiger charge is -2.24. The Labute approximate surface area is 109 Å². The molecule has 1 saturated heterocycles. The first-order valence-corrected chi connectivity index (χ1v) is 6.55. The molecule has 0 aromatic heterocycles. The standard InChI is InChI=1S/C12H15IN2O/c13-10-5-3-9(4-6-10)11(12(14)16)15-7-1-2-8-15/h3-6,11H,1-2,7-8H2,(H2,14,16). The van der Waals surface area contributed by atoms with Crippen LogP contribution in [-0.2, 0) is 4.79 Å². The third-order valence-electron chi connectivity index (χ3n) is 2.96. The number of carbonyl (C=O) groups is 1. The van der Waals surface area contributed by atoms with E-state index in [9.17, 15) is 4.79 Å². The van der Waals surface area contributed by atoms with Gasteiger partial charge in [-0.2, -0.15) is 0 Å². The summed E-state index contributed by atoms with van der Waals surface area (Å²) in [6, 6.07) is 7.77. The Morgan fingerprint density at radius 1 is 1.25 bits per heavy atom. The molecule has 1 heterocycles. The van der Waals surface area contributed by atoms with Crippen molar-refractivity contribution < 1.29 is 4.79 Å². The number of likely N-dealkylation sites (tertiary alicyclic amines) is 1. The fraction of sp³-hybridized carbons (Fsp3) is 0.417. The van der Waals surface area contributed by atoms with Gasteiger partial charge in [0.05, 0.1) is 0 Å². The largest absolute Gasteiger partial charge is 0.368 e. The Hall–Kier alpha value is -0.620. The van der Waals surface area contributed by atoms with Gasteiger partial charge in [-0.1, -0.05) is 12.1 Å². The van der Waals surface area contributed by atoms with Gasteiger partial charge in [0.15, 0.2) is 0 Å². The van der Waals surface area contributed by atoms with Crippen molar-refractivity contribution in [2.75, 3.05) is 13.1 Å². The van der Waals surface area contributed by atoms with Gasteiger partial charge in [0, 0.05) is 3.57 Å². The van der Waals surface area contributed by atoms with E-state index in [4.69, 9.17) is 5.73 Å². The number of hydrogen-bond acceptors (Lipinski definition) is 2. The monoisotopic (exact) mass is 330 g/mol. The molecular weight excluding hydrogens is 315 g/mol. The maximum atomic E-state index is 11.6. The number of hydrogen-bond donors (Lipinski definition) is 1. The quantitative estimate of drug-likeness (QED) is 0.861. The van der Waals surface area contributed by atoms with E-state index in [2.05, 4.69) is 27.5 Å². The molecule has 1 aromatic rings. The van der Waals surface area contributed by atoms with E-state index in [0.717, 1.165) is 31.5 Å². The molecule has 2 rings (SSSR count). The summed E-state index contributed by atoms with van der Waals surface area (Å²) in [5.74, 6) is -0.247. The lowest BCUT2D eigenvalue weighted by atomic mass is 10.1. The first kappa shape index (κ1) is 11.9. The van der Waals surface area contributed by atoms with Crippen molar-refractivity contribution in [2.45, 2.75) is 18.9 Å². The summed E-state index contributed by atoms with van der Waals surface area (Å²) in [6.07, 6.45) is 2.32. The van der Waals surface area contributed by atoms with Gasteiger partial charge in [-0.3, -0.25) is 9.69 Å². The second-order valence-electron chi connectivity index (χ2n) is 4.10. The van der Waals surface area contributed by atoms with Crippen molar-refractivity contribution in [2.24, 2.45) is 5.73 Å². The number of rotatable bonds is 3. The van der Waals surface area contributed by atoms with Gasteiger partial charge >= 0.3 is 0 Å². The van der Waals surface area contributed by atoms with Gasteiger partial charge in [0.2, 0.25) is 5.91 Å². The van der Waals surface area contributed by atoms with Gasteiger partial charge in [-0.15, -0.1) is 0 Å². The van der Waals surface area contributed by atoms with Crippen LogP contribution in [0.15, 0.2) is 24.3 Å².